The van der Waals surface area contributed by atoms with E-state index in [2.05, 4.69) is 29.9 Å². The highest BCUT2D eigenvalue weighted by Crippen LogP contribution is 2.43. The third-order valence-electron chi connectivity index (χ3n) is 5.01. The molecule has 3 nitrogen and oxygen atoms in total. The summed E-state index contributed by atoms with van der Waals surface area (Å²) in [6.07, 6.45) is 5.64. The predicted molar refractivity (Wildman–Crippen MR) is 125 cm³/mol. The van der Waals surface area contributed by atoms with Gasteiger partial charge in [0, 0.05) is 17.1 Å². The molecule has 0 aliphatic rings. The Labute approximate surface area is 184 Å². The SMILES string of the molecule is C#CCN(Cc1ccc(F)cc1)c1cc(C)c(C(C(N)=O)C(C)(C)C)c(SCC)c1. The molecule has 0 radical (unpaired) electrons. The Balaban J connectivity index is 2.55. The first-order valence-electron chi connectivity index (χ1n) is 10.1. The zero-order valence-corrected chi connectivity index (χ0v) is 19.3. The highest BCUT2D eigenvalue weighted by molar-refractivity contribution is 7.99. The van der Waals surface area contributed by atoms with E-state index in [0.717, 1.165) is 33.0 Å². The van der Waals surface area contributed by atoms with Gasteiger partial charge >= 0.3 is 0 Å². The normalized spacial score (nSPS) is 12.3. The fourth-order valence-electron chi connectivity index (χ4n) is 3.74. The molecule has 1 amide bonds. The highest BCUT2D eigenvalue weighted by atomic mass is 32.2. The average Bonchev–Trinajstić information content (AvgIpc) is 2.64. The fourth-order valence-corrected chi connectivity index (χ4v) is 4.69. The molecule has 30 heavy (non-hydrogen) atoms. The summed E-state index contributed by atoms with van der Waals surface area (Å²) in [5.41, 5.74) is 9.50. The van der Waals surface area contributed by atoms with Gasteiger partial charge in [-0.3, -0.25) is 4.79 Å². The summed E-state index contributed by atoms with van der Waals surface area (Å²) in [5.74, 6) is 2.63. The van der Waals surface area contributed by atoms with E-state index < -0.39 is 5.92 Å². The quantitative estimate of drug-likeness (QED) is 0.448. The monoisotopic (exact) mass is 426 g/mol. The number of thioether (sulfide) groups is 1. The van der Waals surface area contributed by atoms with Crippen LogP contribution < -0.4 is 10.6 Å². The molecule has 0 saturated heterocycles. The van der Waals surface area contributed by atoms with Gasteiger partial charge in [0.05, 0.1) is 12.5 Å². The number of anilines is 1. The summed E-state index contributed by atoms with van der Waals surface area (Å²) >= 11 is 1.70. The number of hydrogen-bond donors (Lipinski definition) is 1. The second-order valence-corrected chi connectivity index (χ2v) is 9.80. The van der Waals surface area contributed by atoms with Crippen molar-refractivity contribution in [1.29, 1.82) is 0 Å². The second-order valence-electron chi connectivity index (χ2n) is 8.50. The van der Waals surface area contributed by atoms with Crippen LogP contribution in [-0.4, -0.2) is 18.2 Å². The number of rotatable bonds is 8. The molecule has 5 heteroatoms. The van der Waals surface area contributed by atoms with Crippen molar-refractivity contribution in [3.63, 3.8) is 0 Å². The molecule has 0 bridgehead atoms. The maximum absolute atomic E-state index is 13.3. The Kier molecular flexibility index (Phi) is 7.97. The van der Waals surface area contributed by atoms with Gasteiger partial charge in [-0.1, -0.05) is 45.7 Å². The lowest BCUT2D eigenvalue weighted by Gasteiger charge is -2.32. The smallest absolute Gasteiger partial charge is 0.225 e. The molecule has 1 unspecified atom stereocenters. The lowest BCUT2D eigenvalue weighted by atomic mass is 9.74. The van der Waals surface area contributed by atoms with E-state index in [9.17, 15) is 9.18 Å². The van der Waals surface area contributed by atoms with Crippen LogP contribution in [0.1, 0.15) is 50.3 Å². The van der Waals surface area contributed by atoms with Crippen LogP contribution in [0.25, 0.3) is 0 Å². The van der Waals surface area contributed by atoms with Gasteiger partial charge in [-0.25, -0.2) is 4.39 Å². The average molecular weight is 427 g/mol. The summed E-state index contributed by atoms with van der Waals surface area (Å²) < 4.78 is 13.3. The minimum Gasteiger partial charge on any atom is -0.369 e. The zero-order valence-electron chi connectivity index (χ0n) is 18.5. The molecule has 2 N–H and O–H groups in total. The Morgan fingerprint density at radius 2 is 1.90 bits per heavy atom. The van der Waals surface area contributed by atoms with Crippen molar-refractivity contribution < 1.29 is 9.18 Å². The molecule has 0 spiro atoms. The number of aryl methyl sites for hydroxylation is 1. The third kappa shape index (κ3) is 5.79. The Bertz CT molecular complexity index is 926. The molecule has 0 aromatic heterocycles. The van der Waals surface area contributed by atoms with E-state index in [-0.39, 0.29) is 17.1 Å². The van der Waals surface area contributed by atoms with Crippen molar-refractivity contribution in [3.05, 3.63) is 58.9 Å². The van der Waals surface area contributed by atoms with Crippen LogP contribution in [0, 0.1) is 30.5 Å². The van der Waals surface area contributed by atoms with Gasteiger partial charge in [-0.2, -0.15) is 0 Å². The Morgan fingerprint density at radius 1 is 1.27 bits per heavy atom. The van der Waals surface area contributed by atoms with Gasteiger partial charge in [0.25, 0.3) is 0 Å². The number of halogens is 1. The lowest BCUT2D eigenvalue weighted by molar-refractivity contribution is -0.121. The Hall–Kier alpha value is -2.45. The molecular formula is C25H31FN2OS. The number of primary amides is 1. The second kappa shape index (κ2) is 10.0. The lowest BCUT2D eigenvalue weighted by Crippen LogP contribution is -2.33. The molecule has 0 aliphatic carbocycles. The number of terminal acetylenes is 1. The summed E-state index contributed by atoms with van der Waals surface area (Å²) in [5, 5.41) is 0. The first kappa shape index (κ1) is 23.8. The standard InChI is InChI=1S/C25H31FN2OS/c1-7-13-28(16-18-9-11-19(26)12-10-18)20-14-17(3)22(21(15-20)30-8-2)23(24(27)29)25(4,5)6/h1,9-12,14-15,23H,8,13,16H2,2-6H3,(H2,27,29). The molecule has 0 fully saturated rings. The van der Waals surface area contributed by atoms with Crippen molar-refractivity contribution >= 4 is 23.4 Å². The van der Waals surface area contributed by atoms with Crippen LogP contribution in [0.2, 0.25) is 0 Å². The highest BCUT2D eigenvalue weighted by Gasteiger charge is 2.34. The Morgan fingerprint density at radius 3 is 2.40 bits per heavy atom. The summed E-state index contributed by atoms with van der Waals surface area (Å²) in [7, 11) is 0. The summed E-state index contributed by atoms with van der Waals surface area (Å²) in [6.45, 7) is 11.2. The van der Waals surface area contributed by atoms with Gasteiger partial charge in [-0.05, 0) is 59.0 Å². The van der Waals surface area contributed by atoms with E-state index in [1.165, 1.54) is 12.1 Å². The van der Waals surface area contributed by atoms with Crippen molar-refractivity contribution in [3.8, 4) is 12.3 Å². The maximum Gasteiger partial charge on any atom is 0.225 e. The van der Waals surface area contributed by atoms with Crippen LogP contribution in [0.15, 0.2) is 41.3 Å². The number of nitrogens with two attached hydrogens (primary N) is 1. The molecule has 2 aromatic carbocycles. The molecule has 0 heterocycles. The van der Waals surface area contributed by atoms with Gasteiger partial charge < -0.3 is 10.6 Å². The number of hydrogen-bond acceptors (Lipinski definition) is 3. The fraction of sp³-hybridized carbons (Fsp3) is 0.400. The minimum atomic E-state index is -0.390. The maximum atomic E-state index is 13.3. The van der Waals surface area contributed by atoms with Crippen LogP contribution >= 0.6 is 11.8 Å². The van der Waals surface area contributed by atoms with Gasteiger partial charge in [0.15, 0.2) is 0 Å². The molecule has 2 aromatic rings. The van der Waals surface area contributed by atoms with E-state index in [0.29, 0.717) is 13.1 Å². The van der Waals surface area contributed by atoms with E-state index >= 15 is 0 Å². The van der Waals surface area contributed by atoms with E-state index in [1.807, 2.05) is 27.7 Å². The van der Waals surface area contributed by atoms with Crippen molar-refractivity contribution in [2.45, 2.75) is 52.0 Å². The van der Waals surface area contributed by atoms with E-state index in [4.69, 9.17) is 12.2 Å². The van der Waals surface area contributed by atoms with E-state index in [1.54, 1.807) is 23.9 Å². The largest absolute Gasteiger partial charge is 0.369 e. The van der Waals surface area contributed by atoms with Crippen LogP contribution in [0.5, 0.6) is 0 Å². The van der Waals surface area contributed by atoms with Crippen LogP contribution in [-0.2, 0) is 11.3 Å². The molecule has 0 aliphatic heterocycles. The molecule has 0 saturated carbocycles. The first-order chi connectivity index (χ1) is 14.1. The minimum absolute atomic E-state index is 0.260. The number of benzene rings is 2. The molecule has 160 valence electrons. The number of amides is 1. The van der Waals surface area contributed by atoms with Gasteiger partial charge in [0.1, 0.15) is 5.82 Å². The third-order valence-corrected chi connectivity index (χ3v) is 5.94. The van der Waals surface area contributed by atoms with Crippen molar-refractivity contribution in [1.82, 2.24) is 0 Å². The number of nitrogens with zero attached hydrogens (tertiary/aromatic N) is 1. The number of carbonyl (C=O) groups is 1. The number of carbonyl (C=O) groups excluding carboxylic acids is 1. The zero-order chi connectivity index (χ0) is 22.5. The van der Waals surface area contributed by atoms with Gasteiger partial charge in [0.2, 0.25) is 5.91 Å². The van der Waals surface area contributed by atoms with Crippen LogP contribution in [0.3, 0.4) is 0 Å². The summed E-state index contributed by atoms with van der Waals surface area (Å²) in [4.78, 5) is 15.5. The molecule has 2 rings (SSSR count). The van der Waals surface area contributed by atoms with Crippen LogP contribution in [0.4, 0.5) is 10.1 Å². The van der Waals surface area contributed by atoms with Crippen molar-refractivity contribution in [2.75, 3.05) is 17.2 Å². The first-order valence-corrected chi connectivity index (χ1v) is 11.1. The summed E-state index contributed by atoms with van der Waals surface area (Å²) in [6, 6.07) is 10.6. The predicted octanol–water partition coefficient (Wildman–Crippen LogP) is 5.50. The van der Waals surface area contributed by atoms with Gasteiger partial charge in [-0.15, -0.1) is 18.2 Å². The molecular weight excluding hydrogens is 395 g/mol. The topological polar surface area (TPSA) is 46.3 Å². The molecule has 1 atom stereocenters. The van der Waals surface area contributed by atoms with Crippen molar-refractivity contribution in [2.24, 2.45) is 11.1 Å².